The summed E-state index contributed by atoms with van der Waals surface area (Å²) in [5.41, 5.74) is 0. The minimum atomic E-state index is -2.05. The SMILES string of the molecule is CC(CO)CCC(C)(C)[Si](C)(C)O. The highest BCUT2D eigenvalue weighted by Gasteiger charge is 2.37. The third-order valence-electron chi connectivity index (χ3n) is 3.23. The van der Waals surface area contributed by atoms with Gasteiger partial charge in [-0.1, -0.05) is 20.8 Å². The average molecular weight is 204 g/mol. The zero-order valence-electron chi connectivity index (χ0n) is 9.59. The summed E-state index contributed by atoms with van der Waals surface area (Å²) in [4.78, 5) is 10.0. The fourth-order valence-electron chi connectivity index (χ4n) is 1.00. The second-order valence-electron chi connectivity index (χ2n) is 5.27. The van der Waals surface area contributed by atoms with E-state index in [4.69, 9.17) is 5.11 Å². The van der Waals surface area contributed by atoms with Gasteiger partial charge in [0.2, 0.25) is 0 Å². The Morgan fingerprint density at radius 1 is 1.31 bits per heavy atom. The van der Waals surface area contributed by atoms with Crippen LogP contribution in [0.3, 0.4) is 0 Å². The Hall–Kier alpha value is 0.137. The molecule has 0 fully saturated rings. The Balaban J connectivity index is 4.04. The smallest absolute Gasteiger partial charge is 0.188 e. The lowest BCUT2D eigenvalue weighted by atomic mass is 9.99. The molecule has 0 aliphatic heterocycles. The van der Waals surface area contributed by atoms with E-state index in [0.29, 0.717) is 5.92 Å². The highest BCUT2D eigenvalue weighted by Crippen LogP contribution is 2.40. The van der Waals surface area contributed by atoms with E-state index in [2.05, 4.69) is 13.8 Å². The minimum absolute atomic E-state index is 0.0520. The molecule has 0 amide bonds. The topological polar surface area (TPSA) is 40.5 Å². The van der Waals surface area contributed by atoms with E-state index >= 15 is 0 Å². The van der Waals surface area contributed by atoms with Crippen LogP contribution in [0.25, 0.3) is 0 Å². The van der Waals surface area contributed by atoms with Crippen molar-refractivity contribution in [2.75, 3.05) is 6.61 Å². The van der Waals surface area contributed by atoms with Crippen molar-refractivity contribution in [1.29, 1.82) is 0 Å². The van der Waals surface area contributed by atoms with Gasteiger partial charge in [0.15, 0.2) is 8.32 Å². The molecule has 0 aliphatic rings. The monoisotopic (exact) mass is 204 g/mol. The molecular formula is C10H24O2Si. The molecule has 80 valence electrons. The molecule has 2 nitrogen and oxygen atoms in total. The van der Waals surface area contributed by atoms with Crippen molar-refractivity contribution in [3.8, 4) is 0 Å². The summed E-state index contributed by atoms with van der Waals surface area (Å²) in [5.74, 6) is 0.357. The van der Waals surface area contributed by atoms with E-state index < -0.39 is 8.32 Å². The average Bonchev–Trinajstić information content (AvgIpc) is 1.98. The van der Waals surface area contributed by atoms with Gasteiger partial charge in [-0.25, -0.2) is 0 Å². The standard InChI is InChI=1S/C10H24O2Si/c1-9(8-11)6-7-10(2,3)13(4,5)12/h9,11-12H,6-8H2,1-5H3. The predicted molar refractivity (Wildman–Crippen MR) is 59.2 cm³/mol. The summed E-state index contributed by atoms with van der Waals surface area (Å²) in [6.07, 6.45) is 2.00. The van der Waals surface area contributed by atoms with Crippen molar-refractivity contribution < 1.29 is 9.90 Å². The normalized spacial score (nSPS) is 15.9. The number of aliphatic hydroxyl groups is 1. The van der Waals surface area contributed by atoms with Gasteiger partial charge in [-0.05, 0) is 36.9 Å². The van der Waals surface area contributed by atoms with Crippen molar-refractivity contribution in [2.45, 2.75) is 51.7 Å². The molecule has 2 N–H and O–H groups in total. The maximum absolute atomic E-state index is 10.0. The second kappa shape index (κ2) is 4.58. The van der Waals surface area contributed by atoms with Crippen molar-refractivity contribution in [1.82, 2.24) is 0 Å². The molecule has 0 aromatic heterocycles. The molecule has 0 rings (SSSR count). The highest BCUT2D eigenvalue weighted by atomic mass is 28.4. The molecule has 0 heterocycles. The first kappa shape index (κ1) is 13.1. The van der Waals surface area contributed by atoms with Gasteiger partial charge in [-0.15, -0.1) is 0 Å². The molecule has 0 bridgehead atoms. The lowest BCUT2D eigenvalue weighted by molar-refractivity contribution is 0.223. The lowest BCUT2D eigenvalue weighted by Crippen LogP contribution is -2.39. The van der Waals surface area contributed by atoms with Crippen LogP contribution in [0.1, 0.15) is 33.6 Å². The fraction of sp³-hybridized carbons (Fsp3) is 1.00. The second-order valence-corrected chi connectivity index (χ2v) is 9.74. The largest absolute Gasteiger partial charge is 0.432 e. The fourth-order valence-corrected chi connectivity index (χ4v) is 1.76. The molecule has 0 saturated heterocycles. The Kier molecular flexibility index (Phi) is 4.62. The van der Waals surface area contributed by atoms with Crippen LogP contribution in [0, 0.1) is 5.92 Å². The first-order valence-corrected chi connectivity index (χ1v) is 7.98. The van der Waals surface area contributed by atoms with Gasteiger partial charge in [0, 0.05) is 6.61 Å². The zero-order chi connectivity index (χ0) is 10.7. The van der Waals surface area contributed by atoms with E-state index in [0.717, 1.165) is 12.8 Å². The summed E-state index contributed by atoms with van der Waals surface area (Å²) in [7, 11) is -2.05. The van der Waals surface area contributed by atoms with Crippen LogP contribution >= 0.6 is 0 Å². The van der Waals surface area contributed by atoms with Crippen LogP contribution in [0.15, 0.2) is 0 Å². The molecule has 1 atom stereocenters. The number of rotatable bonds is 5. The summed E-state index contributed by atoms with van der Waals surface area (Å²) in [6, 6.07) is 0. The van der Waals surface area contributed by atoms with Gasteiger partial charge < -0.3 is 9.90 Å². The molecule has 0 spiro atoms. The Labute approximate surface area is 83.1 Å². The van der Waals surface area contributed by atoms with Crippen molar-refractivity contribution in [3.63, 3.8) is 0 Å². The third kappa shape index (κ3) is 4.25. The molecule has 0 saturated carbocycles. The summed E-state index contributed by atoms with van der Waals surface area (Å²) in [5, 5.41) is 8.94. The first-order chi connectivity index (χ1) is 5.70. The van der Waals surface area contributed by atoms with Gasteiger partial charge in [-0.3, -0.25) is 0 Å². The number of hydrogen-bond acceptors (Lipinski definition) is 2. The molecular weight excluding hydrogens is 180 g/mol. The molecule has 1 unspecified atom stereocenters. The lowest BCUT2D eigenvalue weighted by Gasteiger charge is -2.35. The Morgan fingerprint density at radius 2 is 1.77 bits per heavy atom. The van der Waals surface area contributed by atoms with Gasteiger partial charge >= 0.3 is 0 Å². The summed E-state index contributed by atoms with van der Waals surface area (Å²) >= 11 is 0. The van der Waals surface area contributed by atoms with Crippen LogP contribution in [0.5, 0.6) is 0 Å². The molecule has 0 aliphatic carbocycles. The molecule has 0 aromatic rings. The van der Waals surface area contributed by atoms with Gasteiger partial charge in [0.25, 0.3) is 0 Å². The van der Waals surface area contributed by atoms with Crippen molar-refractivity contribution in [2.24, 2.45) is 5.92 Å². The van der Waals surface area contributed by atoms with Crippen LogP contribution in [-0.4, -0.2) is 24.8 Å². The maximum Gasteiger partial charge on any atom is 0.188 e. The summed E-state index contributed by atoms with van der Waals surface area (Å²) < 4.78 is 0. The van der Waals surface area contributed by atoms with Crippen LogP contribution in [0.2, 0.25) is 18.1 Å². The minimum Gasteiger partial charge on any atom is -0.432 e. The van der Waals surface area contributed by atoms with Crippen LogP contribution in [0.4, 0.5) is 0 Å². The van der Waals surface area contributed by atoms with E-state index in [-0.39, 0.29) is 11.6 Å². The van der Waals surface area contributed by atoms with Gasteiger partial charge in [0.1, 0.15) is 0 Å². The molecule has 0 radical (unpaired) electrons. The zero-order valence-corrected chi connectivity index (χ0v) is 10.6. The Bertz CT molecular complexity index is 149. The number of aliphatic hydroxyl groups excluding tert-OH is 1. The van der Waals surface area contributed by atoms with E-state index in [1.54, 1.807) is 0 Å². The van der Waals surface area contributed by atoms with Gasteiger partial charge in [-0.2, -0.15) is 0 Å². The third-order valence-corrected chi connectivity index (χ3v) is 6.79. The highest BCUT2D eigenvalue weighted by molar-refractivity contribution is 6.72. The van der Waals surface area contributed by atoms with Gasteiger partial charge in [0.05, 0.1) is 0 Å². The quantitative estimate of drug-likeness (QED) is 0.675. The first-order valence-electron chi connectivity index (χ1n) is 5.04. The molecule has 13 heavy (non-hydrogen) atoms. The summed E-state index contributed by atoms with van der Waals surface area (Å²) in [6.45, 7) is 10.5. The predicted octanol–water partition coefficient (Wildman–Crippen LogP) is 2.37. The van der Waals surface area contributed by atoms with Crippen LogP contribution in [-0.2, 0) is 0 Å². The van der Waals surface area contributed by atoms with E-state index in [9.17, 15) is 4.80 Å². The molecule has 3 heteroatoms. The molecule has 0 aromatic carbocycles. The van der Waals surface area contributed by atoms with E-state index in [1.807, 2.05) is 20.0 Å². The van der Waals surface area contributed by atoms with Crippen LogP contribution < -0.4 is 0 Å². The van der Waals surface area contributed by atoms with E-state index in [1.165, 1.54) is 0 Å². The maximum atomic E-state index is 10.0. The number of hydrogen-bond donors (Lipinski definition) is 2. The van der Waals surface area contributed by atoms with Crippen molar-refractivity contribution in [3.05, 3.63) is 0 Å². The van der Waals surface area contributed by atoms with Crippen molar-refractivity contribution >= 4 is 8.32 Å². The Morgan fingerprint density at radius 3 is 2.08 bits per heavy atom.